The predicted octanol–water partition coefficient (Wildman–Crippen LogP) is -0.972. The zero-order valence-corrected chi connectivity index (χ0v) is 5.08. The van der Waals surface area contributed by atoms with Crippen LogP contribution in [0.2, 0.25) is 0 Å². The molecule has 0 rings (SSSR count). The van der Waals surface area contributed by atoms with Crippen molar-refractivity contribution >= 4 is 5.97 Å². The molecule has 0 aliphatic rings. The van der Waals surface area contributed by atoms with Crippen molar-refractivity contribution in [2.45, 2.75) is 6.42 Å². The highest BCUT2D eigenvalue weighted by Gasteiger charge is 2.08. The topological polar surface area (TPSA) is 83.5 Å². The van der Waals surface area contributed by atoms with Crippen LogP contribution < -0.4 is 5.73 Å². The van der Waals surface area contributed by atoms with E-state index in [2.05, 4.69) is 0 Å². The van der Waals surface area contributed by atoms with E-state index in [1.165, 1.54) is 0 Å². The maximum atomic E-state index is 9.96. The second-order valence-corrected chi connectivity index (χ2v) is 1.88. The SMILES string of the molecule is NC[C@@H](CO)CC(=O)O. The Labute approximate surface area is 53.3 Å². The molecular formula is C5H11NO3. The van der Waals surface area contributed by atoms with Gasteiger partial charge in [-0.3, -0.25) is 4.79 Å². The molecule has 0 saturated heterocycles. The van der Waals surface area contributed by atoms with Gasteiger partial charge in [0.1, 0.15) is 0 Å². The number of carboxylic acid groups (broad SMARTS) is 1. The number of aliphatic hydroxyl groups is 1. The molecule has 0 aliphatic heterocycles. The zero-order valence-electron chi connectivity index (χ0n) is 5.08. The van der Waals surface area contributed by atoms with Crippen LogP contribution in [0.3, 0.4) is 0 Å². The summed E-state index contributed by atoms with van der Waals surface area (Å²) >= 11 is 0. The van der Waals surface area contributed by atoms with Crippen molar-refractivity contribution in [1.82, 2.24) is 0 Å². The molecule has 54 valence electrons. The first-order chi connectivity index (χ1) is 4.20. The Morgan fingerprint density at radius 2 is 2.22 bits per heavy atom. The van der Waals surface area contributed by atoms with Crippen LogP contribution in [0.1, 0.15) is 6.42 Å². The number of hydrogen-bond donors (Lipinski definition) is 3. The minimum atomic E-state index is -0.917. The van der Waals surface area contributed by atoms with E-state index in [1.54, 1.807) is 0 Å². The van der Waals surface area contributed by atoms with Crippen molar-refractivity contribution in [2.24, 2.45) is 11.7 Å². The van der Waals surface area contributed by atoms with E-state index in [0.717, 1.165) is 0 Å². The molecule has 4 N–H and O–H groups in total. The fraction of sp³-hybridized carbons (Fsp3) is 0.800. The highest BCUT2D eigenvalue weighted by Crippen LogP contribution is 1.97. The Hall–Kier alpha value is -0.610. The van der Waals surface area contributed by atoms with E-state index in [-0.39, 0.29) is 25.5 Å². The van der Waals surface area contributed by atoms with Gasteiger partial charge in [-0.15, -0.1) is 0 Å². The van der Waals surface area contributed by atoms with Gasteiger partial charge in [0.25, 0.3) is 0 Å². The number of hydrogen-bond acceptors (Lipinski definition) is 3. The average Bonchev–Trinajstić information content (AvgIpc) is 1.82. The largest absolute Gasteiger partial charge is 0.481 e. The summed E-state index contributed by atoms with van der Waals surface area (Å²) in [4.78, 5) is 9.96. The number of carbonyl (C=O) groups is 1. The lowest BCUT2D eigenvalue weighted by Crippen LogP contribution is -2.21. The Kier molecular flexibility index (Phi) is 4.00. The molecule has 4 nitrogen and oxygen atoms in total. The normalized spacial score (nSPS) is 13.1. The van der Waals surface area contributed by atoms with Crippen LogP contribution >= 0.6 is 0 Å². The molecule has 0 radical (unpaired) electrons. The average molecular weight is 133 g/mol. The van der Waals surface area contributed by atoms with Crippen LogP contribution in [0.4, 0.5) is 0 Å². The van der Waals surface area contributed by atoms with Crippen molar-refractivity contribution in [3.05, 3.63) is 0 Å². The third kappa shape index (κ3) is 3.93. The van der Waals surface area contributed by atoms with Gasteiger partial charge in [-0.2, -0.15) is 0 Å². The van der Waals surface area contributed by atoms with Gasteiger partial charge in [-0.25, -0.2) is 0 Å². The van der Waals surface area contributed by atoms with Crippen LogP contribution in [0.25, 0.3) is 0 Å². The molecule has 0 bridgehead atoms. The maximum Gasteiger partial charge on any atom is 0.303 e. The summed E-state index contributed by atoms with van der Waals surface area (Å²) in [6.45, 7) is 0.0750. The summed E-state index contributed by atoms with van der Waals surface area (Å²) in [5.74, 6) is -1.21. The zero-order chi connectivity index (χ0) is 7.28. The van der Waals surface area contributed by atoms with Gasteiger partial charge in [0.05, 0.1) is 6.42 Å². The number of carboxylic acids is 1. The van der Waals surface area contributed by atoms with Crippen molar-refractivity contribution in [3.8, 4) is 0 Å². The van der Waals surface area contributed by atoms with E-state index in [0.29, 0.717) is 0 Å². The molecule has 4 heteroatoms. The molecule has 0 heterocycles. The first kappa shape index (κ1) is 8.39. The molecule has 0 fully saturated rings. The summed E-state index contributed by atoms with van der Waals surface area (Å²) < 4.78 is 0. The number of aliphatic hydroxyl groups excluding tert-OH is 1. The number of aliphatic carboxylic acids is 1. The summed E-state index contributed by atoms with van der Waals surface area (Å²) in [5.41, 5.74) is 5.11. The predicted molar refractivity (Wildman–Crippen MR) is 31.9 cm³/mol. The monoisotopic (exact) mass is 133 g/mol. The molecule has 0 aromatic carbocycles. The fourth-order valence-electron chi connectivity index (χ4n) is 0.469. The van der Waals surface area contributed by atoms with E-state index in [9.17, 15) is 4.79 Å². The summed E-state index contributed by atoms with van der Waals surface area (Å²) in [5, 5.41) is 16.6. The van der Waals surface area contributed by atoms with Gasteiger partial charge in [0.15, 0.2) is 0 Å². The molecule has 0 spiro atoms. The smallest absolute Gasteiger partial charge is 0.303 e. The molecule has 0 saturated carbocycles. The van der Waals surface area contributed by atoms with Crippen molar-refractivity contribution in [2.75, 3.05) is 13.2 Å². The van der Waals surface area contributed by atoms with Crippen LogP contribution in [0, 0.1) is 5.92 Å². The summed E-state index contributed by atoms with van der Waals surface area (Å²) in [6.07, 6.45) is -0.0486. The third-order valence-corrected chi connectivity index (χ3v) is 1.05. The van der Waals surface area contributed by atoms with E-state index in [1.807, 2.05) is 0 Å². The highest BCUT2D eigenvalue weighted by atomic mass is 16.4. The van der Waals surface area contributed by atoms with Gasteiger partial charge >= 0.3 is 5.97 Å². The first-order valence-electron chi connectivity index (χ1n) is 2.73. The second-order valence-electron chi connectivity index (χ2n) is 1.88. The molecule has 9 heavy (non-hydrogen) atoms. The van der Waals surface area contributed by atoms with Crippen LogP contribution in [0.5, 0.6) is 0 Å². The van der Waals surface area contributed by atoms with Gasteiger partial charge in [0.2, 0.25) is 0 Å². The summed E-state index contributed by atoms with van der Waals surface area (Å²) in [6, 6.07) is 0. The van der Waals surface area contributed by atoms with Crippen molar-refractivity contribution in [3.63, 3.8) is 0 Å². The van der Waals surface area contributed by atoms with E-state index in [4.69, 9.17) is 15.9 Å². The van der Waals surface area contributed by atoms with Gasteiger partial charge in [-0.05, 0) is 6.54 Å². The minimum absolute atomic E-state index is 0.0486. The maximum absolute atomic E-state index is 9.96. The number of nitrogens with two attached hydrogens (primary N) is 1. The van der Waals surface area contributed by atoms with E-state index >= 15 is 0 Å². The highest BCUT2D eigenvalue weighted by molar-refractivity contribution is 5.67. The second kappa shape index (κ2) is 4.29. The Balaban J connectivity index is 3.43. The lowest BCUT2D eigenvalue weighted by molar-refractivity contribution is -0.138. The van der Waals surface area contributed by atoms with Gasteiger partial charge < -0.3 is 15.9 Å². The van der Waals surface area contributed by atoms with Crippen LogP contribution in [-0.2, 0) is 4.79 Å². The minimum Gasteiger partial charge on any atom is -0.481 e. The standard InChI is InChI=1S/C5H11NO3/c6-2-4(3-7)1-5(8)9/h4,7H,1-3,6H2,(H,8,9)/t4-/m0/s1. The van der Waals surface area contributed by atoms with Gasteiger partial charge in [0, 0.05) is 12.5 Å². The van der Waals surface area contributed by atoms with Crippen molar-refractivity contribution in [1.29, 1.82) is 0 Å². The van der Waals surface area contributed by atoms with Crippen LogP contribution in [-0.4, -0.2) is 29.3 Å². The third-order valence-electron chi connectivity index (χ3n) is 1.05. The first-order valence-corrected chi connectivity index (χ1v) is 2.73. The molecule has 0 amide bonds. The summed E-state index contributed by atoms with van der Waals surface area (Å²) in [7, 11) is 0. The number of rotatable bonds is 4. The van der Waals surface area contributed by atoms with Crippen molar-refractivity contribution < 1.29 is 15.0 Å². The van der Waals surface area contributed by atoms with Crippen LogP contribution in [0.15, 0.2) is 0 Å². The molecule has 0 aliphatic carbocycles. The molecule has 0 unspecified atom stereocenters. The van der Waals surface area contributed by atoms with E-state index < -0.39 is 5.97 Å². The lowest BCUT2D eigenvalue weighted by Gasteiger charge is -2.05. The molecular weight excluding hydrogens is 122 g/mol. The Morgan fingerprint density at radius 3 is 2.33 bits per heavy atom. The molecule has 0 aromatic rings. The fourth-order valence-corrected chi connectivity index (χ4v) is 0.469. The Morgan fingerprint density at radius 1 is 1.67 bits per heavy atom. The Bertz CT molecular complexity index is 90.2. The molecule has 1 atom stereocenters. The quantitative estimate of drug-likeness (QED) is 0.460. The molecule has 0 aromatic heterocycles. The van der Waals surface area contributed by atoms with Gasteiger partial charge in [-0.1, -0.05) is 0 Å². The lowest BCUT2D eigenvalue weighted by atomic mass is 10.1.